The van der Waals surface area contributed by atoms with E-state index in [0.29, 0.717) is 12.4 Å². The first-order valence-corrected chi connectivity index (χ1v) is 8.48. The van der Waals surface area contributed by atoms with Crippen LogP contribution in [0.3, 0.4) is 0 Å². The zero-order chi connectivity index (χ0) is 17.8. The predicted molar refractivity (Wildman–Crippen MR) is 98.8 cm³/mol. The van der Waals surface area contributed by atoms with Gasteiger partial charge in [-0.25, -0.2) is 0 Å². The molecular weight excluding hydrogens is 319 g/mol. The highest BCUT2D eigenvalue weighted by Crippen LogP contribution is 2.21. The van der Waals surface area contributed by atoms with Crippen LogP contribution in [0.4, 0.5) is 0 Å². The second-order valence-electron chi connectivity index (χ2n) is 6.23. The second-order valence-corrected chi connectivity index (χ2v) is 6.23. The van der Waals surface area contributed by atoms with Gasteiger partial charge in [0.05, 0.1) is 0 Å². The zero-order valence-electron chi connectivity index (χ0n) is 14.0. The molecule has 6 nitrogen and oxygen atoms in total. The molecule has 0 aromatic heterocycles. The van der Waals surface area contributed by atoms with Gasteiger partial charge in [0.15, 0.2) is 0 Å². The highest BCUT2D eigenvalue weighted by molar-refractivity contribution is 6.40. The summed E-state index contributed by atoms with van der Waals surface area (Å²) in [6.07, 6.45) is 6.68. The summed E-state index contributed by atoms with van der Waals surface area (Å²) in [5.41, 5.74) is 9.04. The van der Waals surface area contributed by atoms with Gasteiger partial charge >= 0.3 is 13.3 Å². The Morgan fingerprint density at radius 1 is 1.16 bits per heavy atom. The average Bonchev–Trinajstić information content (AvgIpc) is 2.95. The fraction of sp³-hybridized carbons (Fsp3) is 0.611. The van der Waals surface area contributed by atoms with E-state index >= 15 is 0 Å². The molecule has 1 aliphatic rings. The number of fused-ring (bicyclic) bond motifs is 1. The van der Waals surface area contributed by atoms with Crippen LogP contribution in [0.5, 0.6) is 0 Å². The van der Waals surface area contributed by atoms with Crippen molar-refractivity contribution in [3.05, 3.63) is 35.4 Å². The summed E-state index contributed by atoms with van der Waals surface area (Å²) < 4.78 is 0. The lowest BCUT2D eigenvalue weighted by molar-refractivity contribution is -0.191. The number of nitrogens with two attached hydrogens (primary N) is 1. The topological polar surface area (TPSA) is 113 Å². The highest BCUT2D eigenvalue weighted by atomic mass is 16.4. The van der Waals surface area contributed by atoms with Gasteiger partial charge in [-0.1, -0.05) is 44.5 Å². The van der Waals surface area contributed by atoms with Crippen molar-refractivity contribution in [1.82, 2.24) is 5.32 Å². The minimum absolute atomic E-state index is 0. The van der Waals surface area contributed by atoms with Crippen LogP contribution in [0.25, 0.3) is 0 Å². The van der Waals surface area contributed by atoms with Crippen LogP contribution >= 0.6 is 0 Å². The molecule has 1 unspecified atom stereocenters. The third-order valence-corrected chi connectivity index (χ3v) is 4.29. The van der Waals surface area contributed by atoms with E-state index in [1.807, 2.05) is 0 Å². The van der Waals surface area contributed by atoms with E-state index < -0.39 is 7.12 Å². The largest absolute Gasteiger partial charge is 0.451 e. The van der Waals surface area contributed by atoms with Gasteiger partial charge in [0.1, 0.15) is 0 Å². The molecule has 0 saturated carbocycles. The Bertz CT molecular complexity index is 483. The zero-order valence-corrected chi connectivity index (χ0v) is 14.0. The van der Waals surface area contributed by atoms with Crippen molar-refractivity contribution >= 4 is 13.3 Å². The van der Waals surface area contributed by atoms with Gasteiger partial charge < -0.3 is 21.1 Å². The Morgan fingerprint density at radius 2 is 1.72 bits per heavy atom. The van der Waals surface area contributed by atoms with Gasteiger partial charge in [0.25, 0.3) is 0 Å². The first-order chi connectivity index (χ1) is 11.6. The molecule has 2 rings (SSSR count). The second kappa shape index (κ2) is 13.8. The van der Waals surface area contributed by atoms with Gasteiger partial charge in [0, 0.05) is 12.1 Å². The van der Waals surface area contributed by atoms with E-state index in [0.717, 1.165) is 45.1 Å². The Balaban J connectivity index is 0.00000134. The molecule has 0 fully saturated rings. The molecule has 1 aromatic carbocycles. The summed E-state index contributed by atoms with van der Waals surface area (Å²) in [4.78, 5) is 16.2. The number of benzene rings is 1. The van der Waals surface area contributed by atoms with Crippen LogP contribution in [-0.2, 0) is 22.4 Å². The van der Waals surface area contributed by atoms with Crippen LogP contribution in [0.1, 0.15) is 44.2 Å². The maximum absolute atomic E-state index is 8.77. The number of carbonyl (C=O) groups excluding carboxylic acids is 2. The van der Waals surface area contributed by atoms with Gasteiger partial charge in [-0.05, 0) is 49.7 Å². The molecule has 0 aliphatic heterocycles. The summed E-state index contributed by atoms with van der Waals surface area (Å²) in [7, 11) is -1.17. The molecule has 140 valence electrons. The Labute approximate surface area is 151 Å². The molecule has 1 atom stereocenters. The highest BCUT2D eigenvalue weighted by Gasteiger charge is 2.20. The van der Waals surface area contributed by atoms with E-state index in [1.165, 1.54) is 11.1 Å². The van der Waals surface area contributed by atoms with E-state index in [1.54, 1.807) is 0 Å². The predicted octanol–water partition coefficient (Wildman–Crippen LogP) is 1.16. The molecule has 25 heavy (non-hydrogen) atoms. The maximum Gasteiger partial charge on any atom is 0.451 e. The van der Waals surface area contributed by atoms with Crippen LogP contribution in [0.2, 0.25) is 6.32 Å². The molecule has 5 N–H and O–H groups in total. The van der Waals surface area contributed by atoms with E-state index in [2.05, 4.69) is 29.6 Å². The maximum atomic E-state index is 8.77. The van der Waals surface area contributed by atoms with Gasteiger partial charge in [-0.15, -0.1) is 0 Å². The number of hydrogen-bond acceptors (Lipinski definition) is 6. The summed E-state index contributed by atoms with van der Waals surface area (Å²) in [5.74, 6) is 0. The lowest BCUT2D eigenvalue weighted by atomic mass is 9.83. The lowest BCUT2D eigenvalue weighted by Crippen LogP contribution is -2.34. The van der Waals surface area contributed by atoms with Crippen LogP contribution in [-0.4, -0.2) is 41.9 Å². The molecule has 0 bridgehead atoms. The van der Waals surface area contributed by atoms with Gasteiger partial charge in [-0.3, -0.25) is 0 Å². The first-order valence-electron chi connectivity index (χ1n) is 8.48. The molecular formula is C18H31BN2O4. The van der Waals surface area contributed by atoms with Crippen LogP contribution in [0, 0.1) is 0 Å². The number of nitrogens with one attached hydrogen (secondary N) is 1. The van der Waals surface area contributed by atoms with Gasteiger partial charge in [-0.2, -0.15) is 9.59 Å². The van der Waals surface area contributed by atoms with Gasteiger partial charge in [0.2, 0.25) is 0 Å². The standard InChI is InChI=1S/C16H27BN2O2.CO2.CH4/c18-15(7-3-4-9-17(20)21)8-10-19-16-11-13-5-1-2-6-14(13)12-16;2-1-3;/h1-2,5-6,15-16,19-21H,3-4,7-12,18H2;;1H4. The molecule has 0 heterocycles. The molecule has 7 heteroatoms. The van der Waals surface area contributed by atoms with Crippen molar-refractivity contribution in [3.63, 3.8) is 0 Å². The molecule has 0 saturated heterocycles. The van der Waals surface area contributed by atoms with Crippen molar-refractivity contribution in [3.8, 4) is 0 Å². The smallest absolute Gasteiger partial charge is 0.427 e. The van der Waals surface area contributed by atoms with E-state index in [9.17, 15) is 0 Å². The number of hydrogen-bond donors (Lipinski definition) is 4. The average molecular weight is 350 g/mol. The normalized spacial score (nSPS) is 13.7. The van der Waals surface area contributed by atoms with Crippen LogP contribution < -0.4 is 11.1 Å². The number of rotatable bonds is 9. The number of unbranched alkanes of at least 4 members (excludes halogenated alkanes) is 1. The van der Waals surface area contributed by atoms with Crippen molar-refractivity contribution in [2.75, 3.05) is 6.54 Å². The fourth-order valence-electron chi connectivity index (χ4n) is 3.05. The lowest BCUT2D eigenvalue weighted by Gasteiger charge is -2.15. The van der Waals surface area contributed by atoms with Crippen molar-refractivity contribution < 1.29 is 19.6 Å². The first kappa shape index (κ1) is 23.5. The molecule has 1 aromatic rings. The monoisotopic (exact) mass is 350 g/mol. The molecule has 0 amide bonds. The summed E-state index contributed by atoms with van der Waals surface area (Å²) in [6.45, 7) is 0.961. The third-order valence-electron chi connectivity index (χ3n) is 4.29. The minimum Gasteiger partial charge on any atom is -0.427 e. The minimum atomic E-state index is -1.17. The summed E-state index contributed by atoms with van der Waals surface area (Å²) in [5, 5.41) is 21.1. The summed E-state index contributed by atoms with van der Waals surface area (Å²) >= 11 is 0. The van der Waals surface area contributed by atoms with E-state index in [-0.39, 0.29) is 19.6 Å². The quantitative estimate of drug-likeness (QED) is 0.393. The Kier molecular flexibility index (Phi) is 12.9. The summed E-state index contributed by atoms with van der Waals surface area (Å²) in [6, 6.07) is 9.42. The third kappa shape index (κ3) is 10.2. The molecule has 0 radical (unpaired) electrons. The SMILES string of the molecule is C.NC(CCCCB(O)O)CCNC1Cc2ccccc2C1.O=C=O. The van der Waals surface area contributed by atoms with Crippen LogP contribution in [0.15, 0.2) is 24.3 Å². The Morgan fingerprint density at radius 3 is 2.24 bits per heavy atom. The fourth-order valence-corrected chi connectivity index (χ4v) is 3.05. The Hall–Kier alpha value is -1.50. The van der Waals surface area contributed by atoms with E-state index in [4.69, 9.17) is 25.4 Å². The molecule has 1 aliphatic carbocycles. The molecule has 0 spiro atoms. The van der Waals surface area contributed by atoms with Crippen molar-refractivity contribution in [2.45, 2.75) is 64.4 Å². The van der Waals surface area contributed by atoms with Crippen molar-refractivity contribution in [2.24, 2.45) is 5.73 Å². The van der Waals surface area contributed by atoms with Crippen molar-refractivity contribution in [1.29, 1.82) is 0 Å².